The second kappa shape index (κ2) is 3.27. The Hall–Kier alpha value is -2.04. The molecule has 5 nitrogen and oxygen atoms in total. The minimum absolute atomic E-state index is 0.792. The van der Waals surface area contributed by atoms with Crippen LogP contribution in [0.25, 0.3) is 11.0 Å². The van der Waals surface area contributed by atoms with Crippen LogP contribution in [0.5, 0.6) is 0 Å². The average molecular weight is 205 g/mol. The Balaban J connectivity index is 2.64. The fourth-order valence-corrected chi connectivity index (χ4v) is 1.50. The van der Waals surface area contributed by atoms with Gasteiger partial charge in [-0.1, -0.05) is 12.1 Å². The summed E-state index contributed by atoms with van der Waals surface area (Å²) in [5, 5.41) is 9.95. The van der Waals surface area contributed by atoms with Gasteiger partial charge in [0.05, 0.1) is 11.0 Å². The van der Waals surface area contributed by atoms with Crippen molar-refractivity contribution in [2.24, 2.45) is 0 Å². The lowest BCUT2D eigenvalue weighted by molar-refractivity contribution is 0.197. The molecule has 2 rings (SSSR count). The fraction of sp³-hybridized carbons (Fsp3) is 0.200. The van der Waals surface area contributed by atoms with E-state index >= 15 is 0 Å². The monoisotopic (exact) mass is 205 g/mol. The van der Waals surface area contributed by atoms with E-state index in [-0.39, 0.29) is 0 Å². The van der Waals surface area contributed by atoms with Crippen molar-refractivity contribution in [2.75, 3.05) is 12.1 Å². The molecular formula is C10H11N3O2. The van der Waals surface area contributed by atoms with Gasteiger partial charge in [0.2, 0.25) is 0 Å². The van der Waals surface area contributed by atoms with Crippen LogP contribution in [-0.4, -0.2) is 27.9 Å². The first-order valence-corrected chi connectivity index (χ1v) is 4.51. The summed E-state index contributed by atoms with van der Waals surface area (Å²) in [5.74, 6) is 0. The molecule has 0 saturated carbocycles. The van der Waals surface area contributed by atoms with E-state index < -0.39 is 6.09 Å². The zero-order valence-corrected chi connectivity index (χ0v) is 8.51. The zero-order chi connectivity index (χ0) is 11.0. The lowest BCUT2D eigenvalue weighted by atomic mass is 10.2. The van der Waals surface area contributed by atoms with Gasteiger partial charge in [-0.05, 0) is 18.6 Å². The molecule has 2 aromatic rings. The van der Waals surface area contributed by atoms with Gasteiger partial charge in [0.15, 0.2) is 0 Å². The summed E-state index contributed by atoms with van der Waals surface area (Å²) in [6, 6.07) is 5.67. The summed E-state index contributed by atoms with van der Waals surface area (Å²) in [7, 11) is 1.48. The Morgan fingerprint density at radius 2 is 2.27 bits per heavy atom. The van der Waals surface area contributed by atoms with E-state index in [1.54, 1.807) is 0 Å². The molecule has 5 heteroatoms. The van der Waals surface area contributed by atoms with Crippen LogP contribution in [-0.2, 0) is 0 Å². The number of carboxylic acid groups (broad SMARTS) is 1. The van der Waals surface area contributed by atoms with Crippen LogP contribution < -0.4 is 5.01 Å². The minimum Gasteiger partial charge on any atom is -0.464 e. The summed E-state index contributed by atoms with van der Waals surface area (Å²) in [6.07, 6.45) is 0.488. The van der Waals surface area contributed by atoms with Gasteiger partial charge in [0, 0.05) is 7.05 Å². The second-order valence-corrected chi connectivity index (χ2v) is 3.34. The van der Waals surface area contributed by atoms with E-state index in [2.05, 4.69) is 4.98 Å². The molecule has 0 aliphatic rings. The van der Waals surface area contributed by atoms with Crippen LogP contribution in [0.1, 0.15) is 5.56 Å². The number of fused-ring (bicyclic) bond motifs is 1. The highest BCUT2D eigenvalue weighted by Gasteiger charge is 2.11. The average Bonchev–Trinajstić information content (AvgIpc) is 2.61. The third-order valence-corrected chi connectivity index (χ3v) is 2.36. The first kappa shape index (κ1) is 9.51. The summed E-state index contributed by atoms with van der Waals surface area (Å²) in [4.78, 5) is 15.0. The number of hydrogen-bond donors (Lipinski definition) is 1. The molecule has 15 heavy (non-hydrogen) atoms. The van der Waals surface area contributed by atoms with Crippen molar-refractivity contribution in [1.29, 1.82) is 0 Å². The highest BCUT2D eigenvalue weighted by molar-refractivity contribution is 5.83. The maximum Gasteiger partial charge on any atom is 0.426 e. The van der Waals surface area contributed by atoms with Gasteiger partial charge in [-0.15, -0.1) is 0 Å². The molecule has 0 radical (unpaired) electrons. The number of imidazole rings is 1. The smallest absolute Gasteiger partial charge is 0.426 e. The Bertz CT molecular complexity index is 518. The number of carbonyl (C=O) groups is 1. The number of hydrogen-bond acceptors (Lipinski definition) is 2. The second-order valence-electron chi connectivity index (χ2n) is 3.34. The number of nitrogens with zero attached hydrogens (tertiary/aromatic N) is 3. The van der Waals surface area contributed by atoms with Gasteiger partial charge in [0.1, 0.15) is 6.33 Å². The van der Waals surface area contributed by atoms with Crippen molar-refractivity contribution in [2.45, 2.75) is 6.92 Å². The molecular weight excluding hydrogens is 194 g/mol. The van der Waals surface area contributed by atoms with Gasteiger partial charge >= 0.3 is 6.09 Å². The SMILES string of the molecule is Cc1cccc2c1ncn2N(C)C(=O)O. The third kappa shape index (κ3) is 1.41. The van der Waals surface area contributed by atoms with Crippen molar-refractivity contribution in [3.05, 3.63) is 30.1 Å². The summed E-state index contributed by atoms with van der Waals surface area (Å²) < 4.78 is 1.50. The molecule has 0 saturated heterocycles. The number of aryl methyl sites for hydroxylation is 1. The van der Waals surface area contributed by atoms with Crippen molar-refractivity contribution in [3.8, 4) is 0 Å². The predicted molar refractivity (Wildman–Crippen MR) is 56.6 cm³/mol. The van der Waals surface area contributed by atoms with Crippen molar-refractivity contribution in [3.63, 3.8) is 0 Å². The van der Waals surface area contributed by atoms with Gasteiger partial charge in [-0.2, -0.15) is 0 Å². The van der Waals surface area contributed by atoms with Crippen molar-refractivity contribution in [1.82, 2.24) is 9.66 Å². The van der Waals surface area contributed by atoms with E-state index in [1.807, 2.05) is 25.1 Å². The number of benzene rings is 1. The molecule has 1 heterocycles. The zero-order valence-electron chi connectivity index (χ0n) is 8.51. The van der Waals surface area contributed by atoms with E-state index in [0.717, 1.165) is 21.6 Å². The molecule has 0 atom stereocenters. The van der Waals surface area contributed by atoms with Gasteiger partial charge in [0.25, 0.3) is 0 Å². The molecule has 1 amide bonds. The Labute approximate surface area is 86.5 Å². The van der Waals surface area contributed by atoms with Crippen LogP contribution in [0.4, 0.5) is 4.79 Å². The first-order chi connectivity index (χ1) is 7.11. The van der Waals surface area contributed by atoms with Crippen LogP contribution in [0, 0.1) is 6.92 Å². The highest BCUT2D eigenvalue weighted by atomic mass is 16.4. The first-order valence-electron chi connectivity index (χ1n) is 4.51. The minimum atomic E-state index is -1.02. The molecule has 0 bridgehead atoms. The largest absolute Gasteiger partial charge is 0.464 e. The summed E-state index contributed by atoms with van der Waals surface area (Å²) in [6.45, 7) is 1.94. The normalized spacial score (nSPS) is 10.5. The standard InChI is InChI=1S/C10H11N3O2/c1-7-4-3-5-8-9(7)11-6-13(8)12(2)10(14)15/h3-6H,1-2H3,(H,14,15). The molecule has 1 N–H and O–H groups in total. The molecule has 0 spiro atoms. The third-order valence-electron chi connectivity index (χ3n) is 2.36. The maximum atomic E-state index is 10.8. The maximum absolute atomic E-state index is 10.8. The molecule has 78 valence electrons. The molecule has 0 unspecified atom stereocenters. The van der Waals surface area contributed by atoms with Crippen molar-refractivity contribution < 1.29 is 9.90 Å². The lowest BCUT2D eigenvalue weighted by Crippen LogP contribution is -2.34. The Morgan fingerprint density at radius 1 is 1.53 bits per heavy atom. The van der Waals surface area contributed by atoms with Gasteiger partial charge in [-0.3, -0.25) is 0 Å². The van der Waals surface area contributed by atoms with Gasteiger partial charge in [-0.25, -0.2) is 19.5 Å². The Morgan fingerprint density at radius 3 is 2.93 bits per heavy atom. The molecule has 1 aromatic heterocycles. The van der Waals surface area contributed by atoms with Crippen LogP contribution in [0.3, 0.4) is 0 Å². The van der Waals surface area contributed by atoms with Crippen molar-refractivity contribution >= 4 is 17.1 Å². The van der Waals surface area contributed by atoms with E-state index in [4.69, 9.17) is 5.11 Å². The highest BCUT2D eigenvalue weighted by Crippen LogP contribution is 2.16. The summed E-state index contributed by atoms with van der Waals surface area (Å²) in [5.41, 5.74) is 2.65. The Kier molecular flexibility index (Phi) is 2.07. The summed E-state index contributed by atoms with van der Waals surface area (Å²) >= 11 is 0. The van der Waals surface area contributed by atoms with E-state index in [1.165, 1.54) is 18.1 Å². The van der Waals surface area contributed by atoms with Crippen LogP contribution in [0.2, 0.25) is 0 Å². The van der Waals surface area contributed by atoms with Crippen LogP contribution >= 0.6 is 0 Å². The molecule has 0 fully saturated rings. The number of rotatable bonds is 1. The number of aromatic nitrogens is 2. The lowest BCUT2D eigenvalue weighted by Gasteiger charge is -2.14. The van der Waals surface area contributed by atoms with Crippen LogP contribution in [0.15, 0.2) is 24.5 Å². The predicted octanol–water partition coefficient (Wildman–Crippen LogP) is 1.59. The quantitative estimate of drug-likeness (QED) is 0.769. The fourth-order valence-electron chi connectivity index (χ4n) is 1.50. The molecule has 0 aliphatic carbocycles. The number of para-hydroxylation sites is 1. The van der Waals surface area contributed by atoms with Gasteiger partial charge < -0.3 is 5.11 Å². The van der Waals surface area contributed by atoms with E-state index in [0.29, 0.717) is 0 Å². The molecule has 0 aliphatic heterocycles. The topological polar surface area (TPSA) is 58.4 Å². The molecule has 1 aromatic carbocycles. The number of amides is 1. The van der Waals surface area contributed by atoms with E-state index in [9.17, 15) is 4.79 Å².